The summed E-state index contributed by atoms with van der Waals surface area (Å²) in [5, 5.41) is 12.3. The van der Waals surface area contributed by atoms with Gasteiger partial charge in [-0.2, -0.15) is 5.26 Å². The van der Waals surface area contributed by atoms with Crippen LogP contribution in [0, 0.1) is 11.3 Å². The predicted molar refractivity (Wildman–Crippen MR) is 82.0 cm³/mol. The van der Waals surface area contributed by atoms with Crippen LogP contribution in [-0.2, 0) is 4.79 Å². The number of carbonyl (C=O) groups is 1. The van der Waals surface area contributed by atoms with Gasteiger partial charge < -0.3 is 10.2 Å². The molecule has 0 saturated carbocycles. The number of nitriles is 1. The Morgan fingerprint density at radius 2 is 2.24 bits per heavy atom. The summed E-state index contributed by atoms with van der Waals surface area (Å²) in [6, 6.07) is 5.85. The molecule has 0 radical (unpaired) electrons. The third-order valence-electron chi connectivity index (χ3n) is 3.72. The molecule has 1 fully saturated rings. The topological polar surface area (TPSA) is 69.0 Å². The molecule has 112 valence electrons. The second-order valence-corrected chi connectivity index (χ2v) is 5.66. The summed E-state index contributed by atoms with van der Waals surface area (Å²) in [4.78, 5) is 18.1. The van der Waals surface area contributed by atoms with Crippen LogP contribution in [0.3, 0.4) is 0 Å². The lowest BCUT2D eigenvalue weighted by Gasteiger charge is -2.26. The molecule has 0 aromatic carbocycles. The summed E-state index contributed by atoms with van der Waals surface area (Å²) in [6.45, 7) is 6.27. The van der Waals surface area contributed by atoms with E-state index in [0.29, 0.717) is 36.8 Å². The largest absolute Gasteiger partial charge is 0.367 e. The van der Waals surface area contributed by atoms with Crippen LogP contribution in [0.25, 0.3) is 0 Å². The Balaban J connectivity index is 1.97. The van der Waals surface area contributed by atoms with E-state index in [-0.39, 0.29) is 5.91 Å². The fourth-order valence-corrected chi connectivity index (χ4v) is 2.43. The first kappa shape index (κ1) is 15.3. The van der Waals surface area contributed by atoms with Gasteiger partial charge in [-0.1, -0.05) is 13.8 Å². The van der Waals surface area contributed by atoms with Crippen molar-refractivity contribution >= 4 is 11.7 Å². The van der Waals surface area contributed by atoms with E-state index in [1.807, 2.05) is 11.0 Å². The van der Waals surface area contributed by atoms with Gasteiger partial charge in [0, 0.05) is 31.7 Å². The molecule has 0 bridgehead atoms. The molecule has 1 aliphatic heterocycles. The molecule has 0 spiro atoms. The number of amides is 1. The van der Waals surface area contributed by atoms with Crippen LogP contribution in [0.1, 0.15) is 50.3 Å². The minimum absolute atomic E-state index is 0.229. The third-order valence-corrected chi connectivity index (χ3v) is 3.72. The normalized spacial score (nSPS) is 15.1. The van der Waals surface area contributed by atoms with Crippen molar-refractivity contribution in [3.63, 3.8) is 0 Å². The van der Waals surface area contributed by atoms with Crippen molar-refractivity contribution in [1.29, 1.82) is 5.26 Å². The van der Waals surface area contributed by atoms with Crippen molar-refractivity contribution in [1.82, 2.24) is 9.88 Å². The average Bonchev–Trinajstić information content (AvgIpc) is 2.49. The van der Waals surface area contributed by atoms with Gasteiger partial charge in [-0.3, -0.25) is 4.79 Å². The summed E-state index contributed by atoms with van der Waals surface area (Å²) in [7, 11) is 0. The van der Waals surface area contributed by atoms with Crippen LogP contribution in [0.2, 0.25) is 0 Å². The number of anilines is 1. The first-order chi connectivity index (χ1) is 10.1. The average molecular weight is 286 g/mol. The quantitative estimate of drug-likeness (QED) is 0.903. The number of carbonyl (C=O) groups excluding carboxylic acids is 1. The van der Waals surface area contributed by atoms with E-state index in [0.717, 1.165) is 25.1 Å². The first-order valence-corrected chi connectivity index (χ1v) is 7.54. The van der Waals surface area contributed by atoms with Crippen molar-refractivity contribution in [2.24, 2.45) is 0 Å². The number of rotatable bonds is 5. The van der Waals surface area contributed by atoms with Crippen molar-refractivity contribution in [2.45, 2.75) is 39.0 Å². The maximum atomic E-state index is 11.7. The zero-order valence-electron chi connectivity index (χ0n) is 12.7. The van der Waals surface area contributed by atoms with Crippen molar-refractivity contribution in [3.8, 4) is 6.07 Å². The van der Waals surface area contributed by atoms with Gasteiger partial charge in [-0.05, 0) is 30.9 Å². The van der Waals surface area contributed by atoms with E-state index in [1.54, 1.807) is 6.07 Å². The fourth-order valence-electron chi connectivity index (χ4n) is 2.43. The number of hydrogen-bond acceptors (Lipinski definition) is 4. The van der Waals surface area contributed by atoms with Gasteiger partial charge in [0.05, 0.1) is 5.56 Å². The van der Waals surface area contributed by atoms with Gasteiger partial charge in [0.25, 0.3) is 0 Å². The molecule has 21 heavy (non-hydrogen) atoms. The van der Waals surface area contributed by atoms with Crippen LogP contribution in [0.15, 0.2) is 12.1 Å². The lowest BCUT2D eigenvalue weighted by atomic mass is 10.1. The number of piperidine rings is 1. The molecule has 1 amide bonds. The molecule has 0 unspecified atom stereocenters. The Hall–Kier alpha value is -2.09. The highest BCUT2D eigenvalue weighted by Crippen LogP contribution is 2.18. The van der Waals surface area contributed by atoms with Gasteiger partial charge in [0.1, 0.15) is 11.9 Å². The second kappa shape index (κ2) is 7.07. The molecule has 5 heteroatoms. The smallest absolute Gasteiger partial charge is 0.222 e. The Morgan fingerprint density at radius 1 is 1.43 bits per heavy atom. The van der Waals surface area contributed by atoms with Gasteiger partial charge in [0.15, 0.2) is 0 Å². The van der Waals surface area contributed by atoms with E-state index in [4.69, 9.17) is 5.26 Å². The number of likely N-dealkylation sites (tertiary alicyclic amines) is 1. The summed E-state index contributed by atoms with van der Waals surface area (Å²) >= 11 is 0. The monoisotopic (exact) mass is 286 g/mol. The van der Waals surface area contributed by atoms with E-state index in [2.05, 4.69) is 30.2 Å². The molecule has 2 rings (SSSR count). The number of hydrogen-bond donors (Lipinski definition) is 1. The second-order valence-electron chi connectivity index (χ2n) is 5.66. The highest BCUT2D eigenvalue weighted by molar-refractivity contribution is 5.76. The maximum absolute atomic E-state index is 11.7. The van der Waals surface area contributed by atoms with Gasteiger partial charge in [-0.15, -0.1) is 0 Å². The lowest BCUT2D eigenvalue weighted by molar-refractivity contribution is -0.133. The molecule has 1 aromatic heterocycles. The van der Waals surface area contributed by atoms with Crippen molar-refractivity contribution < 1.29 is 4.79 Å². The minimum atomic E-state index is 0.229. The molecular formula is C16H22N4O. The van der Waals surface area contributed by atoms with E-state index >= 15 is 0 Å². The first-order valence-electron chi connectivity index (χ1n) is 7.54. The molecule has 0 atom stereocenters. The highest BCUT2D eigenvalue weighted by Gasteiger charge is 2.17. The molecular weight excluding hydrogens is 264 g/mol. The molecule has 1 saturated heterocycles. The van der Waals surface area contributed by atoms with Gasteiger partial charge in [0.2, 0.25) is 5.91 Å². The Morgan fingerprint density at radius 3 is 2.90 bits per heavy atom. The number of nitrogens with zero attached hydrogens (tertiary/aromatic N) is 3. The summed E-state index contributed by atoms with van der Waals surface area (Å²) in [5.41, 5.74) is 1.51. The Bertz CT molecular complexity index is 548. The lowest BCUT2D eigenvalue weighted by Crippen LogP contribution is -2.38. The van der Waals surface area contributed by atoms with Crippen LogP contribution in [0.5, 0.6) is 0 Å². The number of pyridine rings is 1. The number of nitrogens with one attached hydrogen (secondary N) is 1. The standard InChI is InChI=1S/C16H22N4O/c1-12(2)14-7-6-13(11-17)16(19-14)18-8-10-20-9-4-3-5-15(20)21/h6-7,12H,3-5,8-10H2,1-2H3,(H,18,19). The highest BCUT2D eigenvalue weighted by atomic mass is 16.2. The van der Waals surface area contributed by atoms with Crippen molar-refractivity contribution in [2.75, 3.05) is 25.0 Å². The molecule has 5 nitrogen and oxygen atoms in total. The molecule has 1 aromatic rings. The van der Waals surface area contributed by atoms with Crippen LogP contribution >= 0.6 is 0 Å². The SMILES string of the molecule is CC(C)c1ccc(C#N)c(NCCN2CCCCC2=O)n1. The van der Waals surface area contributed by atoms with Crippen LogP contribution in [-0.4, -0.2) is 35.4 Å². The third kappa shape index (κ3) is 3.94. The zero-order valence-corrected chi connectivity index (χ0v) is 12.7. The van der Waals surface area contributed by atoms with E-state index in [9.17, 15) is 4.79 Å². The fraction of sp³-hybridized carbons (Fsp3) is 0.562. The van der Waals surface area contributed by atoms with Crippen LogP contribution in [0.4, 0.5) is 5.82 Å². The summed E-state index contributed by atoms with van der Waals surface area (Å²) in [6.07, 6.45) is 2.74. The molecule has 2 heterocycles. The van der Waals surface area contributed by atoms with E-state index in [1.165, 1.54) is 0 Å². The molecule has 1 aliphatic rings. The minimum Gasteiger partial charge on any atom is -0.367 e. The molecule has 0 aliphatic carbocycles. The Labute approximate surface area is 126 Å². The van der Waals surface area contributed by atoms with Crippen LogP contribution < -0.4 is 5.32 Å². The zero-order chi connectivity index (χ0) is 15.2. The predicted octanol–water partition coefficient (Wildman–Crippen LogP) is 2.50. The summed E-state index contributed by atoms with van der Waals surface area (Å²) in [5.74, 6) is 1.17. The number of aromatic nitrogens is 1. The summed E-state index contributed by atoms with van der Waals surface area (Å²) < 4.78 is 0. The molecule has 1 N–H and O–H groups in total. The van der Waals surface area contributed by atoms with Crippen molar-refractivity contribution in [3.05, 3.63) is 23.4 Å². The maximum Gasteiger partial charge on any atom is 0.222 e. The Kier molecular flexibility index (Phi) is 5.15. The van der Waals surface area contributed by atoms with E-state index < -0.39 is 0 Å². The van der Waals surface area contributed by atoms with Gasteiger partial charge in [-0.25, -0.2) is 4.98 Å². The van der Waals surface area contributed by atoms with Gasteiger partial charge >= 0.3 is 0 Å².